The van der Waals surface area contributed by atoms with Crippen LogP contribution in [-0.2, 0) is 11.3 Å². The number of para-hydroxylation sites is 1. The predicted molar refractivity (Wildman–Crippen MR) is 72.4 cm³/mol. The van der Waals surface area contributed by atoms with E-state index in [1.165, 1.54) is 0 Å². The van der Waals surface area contributed by atoms with Gasteiger partial charge in [0.25, 0.3) is 0 Å². The minimum absolute atomic E-state index is 0.0870. The molecule has 18 heavy (non-hydrogen) atoms. The van der Waals surface area contributed by atoms with Gasteiger partial charge in [0.05, 0.1) is 16.1 Å². The van der Waals surface area contributed by atoms with E-state index in [1.54, 1.807) is 16.7 Å². The number of aromatic nitrogens is 2. The van der Waals surface area contributed by atoms with E-state index in [0.29, 0.717) is 16.1 Å². The lowest BCUT2D eigenvalue weighted by molar-refractivity contribution is -0.122. The largest absolute Gasteiger partial charge is 0.369 e. The molecule has 0 saturated carbocycles. The van der Waals surface area contributed by atoms with Crippen molar-refractivity contribution < 1.29 is 4.79 Å². The van der Waals surface area contributed by atoms with Crippen LogP contribution in [0.25, 0.3) is 11.0 Å². The van der Waals surface area contributed by atoms with Crippen LogP contribution in [0.1, 0.15) is 13.8 Å². The molecule has 2 aromatic rings. The summed E-state index contributed by atoms with van der Waals surface area (Å²) in [5.41, 5.74) is 7.20. The zero-order valence-electron chi connectivity index (χ0n) is 10.3. The number of hydrogen-bond acceptors (Lipinski definition) is 3. The topological polar surface area (TPSA) is 72.9 Å². The molecule has 0 spiro atoms. The Labute approximate surface area is 110 Å². The van der Waals surface area contributed by atoms with Crippen molar-refractivity contribution in [3.05, 3.63) is 23.2 Å². The molecule has 1 heterocycles. The Morgan fingerprint density at radius 2 is 2.28 bits per heavy atom. The Bertz CT molecular complexity index is 591. The lowest BCUT2D eigenvalue weighted by atomic mass is 10.3. The maximum atomic E-state index is 11.8. The Morgan fingerprint density at radius 1 is 1.56 bits per heavy atom. The van der Waals surface area contributed by atoms with Crippen molar-refractivity contribution in [2.45, 2.75) is 26.4 Å². The average Bonchev–Trinajstić information content (AvgIpc) is 2.55. The number of amides is 1. The van der Waals surface area contributed by atoms with Crippen molar-refractivity contribution in [2.75, 3.05) is 5.73 Å². The molecular weight excluding hydrogens is 252 g/mol. The Balaban J connectivity index is 2.38. The first-order valence-electron chi connectivity index (χ1n) is 5.68. The molecule has 3 N–H and O–H groups in total. The normalized spacial score (nSPS) is 11.1. The van der Waals surface area contributed by atoms with Gasteiger partial charge in [0.1, 0.15) is 6.54 Å². The highest BCUT2D eigenvalue weighted by atomic mass is 35.5. The number of nitrogens with zero attached hydrogens (tertiary/aromatic N) is 2. The number of halogens is 1. The number of benzene rings is 1. The summed E-state index contributed by atoms with van der Waals surface area (Å²) in [6.45, 7) is 3.92. The van der Waals surface area contributed by atoms with Gasteiger partial charge in [-0.25, -0.2) is 4.98 Å². The number of rotatable bonds is 3. The number of nitrogens with two attached hydrogens (primary N) is 1. The molecule has 1 aromatic heterocycles. The summed E-state index contributed by atoms with van der Waals surface area (Å²) < 4.78 is 1.62. The summed E-state index contributed by atoms with van der Waals surface area (Å²) in [7, 11) is 0. The summed E-state index contributed by atoms with van der Waals surface area (Å²) in [5, 5.41) is 3.34. The minimum atomic E-state index is -0.115. The highest BCUT2D eigenvalue weighted by Crippen LogP contribution is 2.25. The van der Waals surface area contributed by atoms with Gasteiger partial charge in [0, 0.05) is 6.04 Å². The monoisotopic (exact) mass is 266 g/mol. The van der Waals surface area contributed by atoms with Crippen LogP contribution in [0.2, 0.25) is 5.02 Å². The van der Waals surface area contributed by atoms with E-state index < -0.39 is 0 Å². The third-order valence-electron chi connectivity index (χ3n) is 2.50. The van der Waals surface area contributed by atoms with Crippen molar-refractivity contribution in [3.8, 4) is 0 Å². The van der Waals surface area contributed by atoms with Crippen LogP contribution < -0.4 is 11.1 Å². The van der Waals surface area contributed by atoms with E-state index in [4.69, 9.17) is 17.3 Å². The molecule has 1 aromatic carbocycles. The first-order chi connectivity index (χ1) is 8.49. The molecule has 6 heteroatoms. The molecule has 5 nitrogen and oxygen atoms in total. The van der Waals surface area contributed by atoms with Gasteiger partial charge in [-0.1, -0.05) is 17.7 Å². The van der Waals surface area contributed by atoms with E-state index in [-0.39, 0.29) is 24.4 Å². The lowest BCUT2D eigenvalue weighted by Gasteiger charge is -2.10. The van der Waals surface area contributed by atoms with Crippen molar-refractivity contribution in [1.29, 1.82) is 0 Å². The number of carbonyl (C=O) groups is 1. The second kappa shape index (κ2) is 4.86. The van der Waals surface area contributed by atoms with Gasteiger partial charge < -0.3 is 11.1 Å². The molecule has 0 unspecified atom stereocenters. The number of fused-ring (bicyclic) bond motifs is 1. The van der Waals surface area contributed by atoms with E-state index in [1.807, 2.05) is 19.9 Å². The maximum Gasteiger partial charge on any atom is 0.240 e. The van der Waals surface area contributed by atoms with Gasteiger partial charge >= 0.3 is 0 Å². The maximum absolute atomic E-state index is 11.8. The molecule has 2 rings (SSSR count). The van der Waals surface area contributed by atoms with E-state index >= 15 is 0 Å². The van der Waals surface area contributed by atoms with Crippen LogP contribution in [0.15, 0.2) is 18.2 Å². The molecule has 0 bridgehead atoms. The first-order valence-corrected chi connectivity index (χ1v) is 6.06. The van der Waals surface area contributed by atoms with E-state index in [9.17, 15) is 4.79 Å². The number of nitrogens with one attached hydrogen (secondary N) is 1. The van der Waals surface area contributed by atoms with E-state index in [2.05, 4.69) is 10.3 Å². The van der Waals surface area contributed by atoms with Crippen LogP contribution in [0.3, 0.4) is 0 Å². The van der Waals surface area contributed by atoms with Crippen LogP contribution >= 0.6 is 11.6 Å². The fourth-order valence-electron chi connectivity index (χ4n) is 1.83. The van der Waals surface area contributed by atoms with Crippen LogP contribution in [-0.4, -0.2) is 21.5 Å². The SMILES string of the molecule is CC(C)NC(=O)Cn1c(N)nc2cccc(Cl)c21. The summed E-state index contributed by atoms with van der Waals surface area (Å²) in [6.07, 6.45) is 0. The summed E-state index contributed by atoms with van der Waals surface area (Å²) in [5.74, 6) is 0.174. The number of imidazole rings is 1. The summed E-state index contributed by atoms with van der Waals surface area (Å²) in [4.78, 5) is 16.0. The fraction of sp³-hybridized carbons (Fsp3) is 0.333. The molecule has 0 fully saturated rings. The Hall–Kier alpha value is -1.75. The number of anilines is 1. The quantitative estimate of drug-likeness (QED) is 0.890. The van der Waals surface area contributed by atoms with Gasteiger partial charge in [-0.15, -0.1) is 0 Å². The average molecular weight is 267 g/mol. The highest BCUT2D eigenvalue weighted by molar-refractivity contribution is 6.35. The van der Waals surface area contributed by atoms with Gasteiger partial charge in [0.2, 0.25) is 11.9 Å². The number of nitrogen functional groups attached to an aromatic ring is 1. The van der Waals surface area contributed by atoms with E-state index in [0.717, 1.165) is 0 Å². The van der Waals surface area contributed by atoms with Crippen molar-refractivity contribution in [2.24, 2.45) is 0 Å². The zero-order valence-corrected chi connectivity index (χ0v) is 11.0. The summed E-state index contributed by atoms with van der Waals surface area (Å²) >= 11 is 6.12. The molecular formula is C12H15ClN4O. The van der Waals surface area contributed by atoms with Gasteiger partial charge in [-0.2, -0.15) is 0 Å². The zero-order chi connectivity index (χ0) is 13.3. The standard InChI is InChI=1S/C12H15ClN4O/c1-7(2)15-10(18)6-17-11-8(13)4-3-5-9(11)16-12(17)14/h3-5,7H,6H2,1-2H3,(H2,14,16)(H,15,18). The first kappa shape index (κ1) is 12.7. The lowest BCUT2D eigenvalue weighted by Crippen LogP contribution is -2.33. The Kier molecular flexibility index (Phi) is 3.43. The van der Waals surface area contributed by atoms with Gasteiger partial charge in [0.15, 0.2) is 0 Å². The van der Waals surface area contributed by atoms with Crippen molar-refractivity contribution >= 4 is 34.5 Å². The Morgan fingerprint density at radius 3 is 2.94 bits per heavy atom. The minimum Gasteiger partial charge on any atom is -0.369 e. The smallest absolute Gasteiger partial charge is 0.240 e. The second-order valence-corrected chi connectivity index (χ2v) is 4.79. The molecule has 0 atom stereocenters. The van der Waals surface area contributed by atoms with Crippen LogP contribution in [0, 0.1) is 0 Å². The fourth-order valence-corrected chi connectivity index (χ4v) is 2.10. The predicted octanol–water partition coefficient (Wildman–Crippen LogP) is 1.80. The van der Waals surface area contributed by atoms with Gasteiger partial charge in [-0.05, 0) is 26.0 Å². The van der Waals surface area contributed by atoms with Crippen molar-refractivity contribution in [1.82, 2.24) is 14.9 Å². The summed E-state index contributed by atoms with van der Waals surface area (Å²) in [6, 6.07) is 5.45. The molecule has 0 aliphatic rings. The molecule has 0 saturated heterocycles. The van der Waals surface area contributed by atoms with Crippen molar-refractivity contribution in [3.63, 3.8) is 0 Å². The molecule has 1 amide bonds. The second-order valence-electron chi connectivity index (χ2n) is 4.39. The highest BCUT2D eigenvalue weighted by Gasteiger charge is 2.14. The third kappa shape index (κ3) is 2.41. The molecule has 0 radical (unpaired) electrons. The number of hydrogen-bond donors (Lipinski definition) is 2. The van der Waals surface area contributed by atoms with Crippen LogP contribution in [0.4, 0.5) is 5.95 Å². The molecule has 0 aliphatic carbocycles. The number of carbonyl (C=O) groups excluding carboxylic acids is 1. The molecule has 0 aliphatic heterocycles. The molecule has 96 valence electrons. The van der Waals surface area contributed by atoms with Crippen LogP contribution in [0.5, 0.6) is 0 Å². The van der Waals surface area contributed by atoms with Gasteiger partial charge in [-0.3, -0.25) is 9.36 Å². The third-order valence-corrected chi connectivity index (χ3v) is 2.80.